The molecular weight excluding hydrogens is 513 g/mol. The summed E-state index contributed by atoms with van der Waals surface area (Å²) in [6.45, 7) is 8.81. The minimum atomic E-state index is -5.75. The van der Waals surface area contributed by atoms with Crippen molar-refractivity contribution in [3.63, 3.8) is 0 Å². The number of ketones is 1. The molecule has 5 atom stereocenters. The standard InChI is InChI=1S/C31H38F5NO2/c1-4-37(5-2)18-19-6-8-20(9-7-19)25-17-29(3)26(14-15-27(29)39-31(35,36)30(32,33)34)24-12-10-21-16-22(38)11-13-23(21)28(24)25/h6-9,16,24-27H,4-5,10-15,17-18H2,1-3H3. The molecule has 0 spiro atoms. The van der Waals surface area contributed by atoms with Gasteiger partial charge in [-0.2, -0.15) is 22.0 Å². The Bertz CT molecular complexity index is 1150. The normalized spacial score (nSPS) is 31.2. The molecule has 0 N–H and O–H groups in total. The average Bonchev–Trinajstić information content (AvgIpc) is 3.21. The zero-order valence-corrected chi connectivity index (χ0v) is 22.9. The highest BCUT2D eigenvalue weighted by atomic mass is 19.4. The van der Waals surface area contributed by atoms with Gasteiger partial charge in [0.2, 0.25) is 0 Å². The molecule has 0 aromatic heterocycles. The van der Waals surface area contributed by atoms with E-state index in [9.17, 15) is 26.7 Å². The fraction of sp³-hybridized carbons (Fsp3) is 0.645. The van der Waals surface area contributed by atoms with Gasteiger partial charge in [-0.05, 0) is 97.2 Å². The Balaban J connectivity index is 1.54. The van der Waals surface area contributed by atoms with Crippen molar-refractivity contribution in [2.45, 2.75) is 96.6 Å². The fourth-order valence-electron chi connectivity index (χ4n) is 7.91. The minimum Gasteiger partial charge on any atom is -0.309 e. The van der Waals surface area contributed by atoms with Crippen LogP contribution >= 0.6 is 0 Å². The monoisotopic (exact) mass is 551 g/mol. The Labute approximate surface area is 227 Å². The van der Waals surface area contributed by atoms with Gasteiger partial charge in [-0.15, -0.1) is 0 Å². The summed E-state index contributed by atoms with van der Waals surface area (Å²) in [5.41, 5.74) is 4.99. The molecule has 0 bridgehead atoms. The number of halogens is 5. The molecule has 0 saturated heterocycles. The third-order valence-electron chi connectivity index (χ3n) is 9.95. The number of rotatable bonds is 7. The summed E-state index contributed by atoms with van der Waals surface area (Å²) in [4.78, 5) is 14.5. The third kappa shape index (κ3) is 5.12. The lowest BCUT2D eigenvalue weighted by molar-refractivity contribution is -0.408. The molecule has 0 amide bonds. The van der Waals surface area contributed by atoms with E-state index in [-0.39, 0.29) is 30.0 Å². The number of benzene rings is 1. The van der Waals surface area contributed by atoms with Crippen LogP contribution in [0.25, 0.3) is 0 Å². The number of hydrogen-bond donors (Lipinski definition) is 0. The number of carbonyl (C=O) groups is 1. The maximum atomic E-state index is 14.1. The molecule has 1 aromatic carbocycles. The summed E-state index contributed by atoms with van der Waals surface area (Å²) in [5, 5.41) is 0. The molecule has 5 rings (SSSR count). The van der Waals surface area contributed by atoms with Crippen LogP contribution in [-0.4, -0.2) is 42.2 Å². The van der Waals surface area contributed by atoms with Crippen molar-refractivity contribution in [2.75, 3.05) is 13.1 Å². The Kier molecular flexibility index (Phi) is 7.59. The average molecular weight is 552 g/mol. The van der Waals surface area contributed by atoms with E-state index in [1.807, 2.05) is 6.92 Å². The SMILES string of the molecule is CCN(CC)Cc1ccc(C2CC3(C)C(OC(F)(F)C(F)(F)F)CCC3C3CCC4=CC(=O)CCC4=C23)cc1. The van der Waals surface area contributed by atoms with Crippen LogP contribution < -0.4 is 0 Å². The Morgan fingerprint density at radius 2 is 1.67 bits per heavy atom. The van der Waals surface area contributed by atoms with E-state index < -0.39 is 23.8 Å². The van der Waals surface area contributed by atoms with Gasteiger partial charge in [0, 0.05) is 18.9 Å². The zero-order valence-electron chi connectivity index (χ0n) is 22.9. The van der Waals surface area contributed by atoms with Crippen molar-refractivity contribution < 1.29 is 31.5 Å². The van der Waals surface area contributed by atoms with Crippen LogP contribution in [0.5, 0.6) is 0 Å². The first-order valence-electron chi connectivity index (χ1n) is 14.3. The van der Waals surface area contributed by atoms with Crippen LogP contribution in [0.4, 0.5) is 22.0 Å². The van der Waals surface area contributed by atoms with Gasteiger partial charge in [-0.25, -0.2) is 0 Å². The molecule has 5 unspecified atom stereocenters. The summed E-state index contributed by atoms with van der Waals surface area (Å²) in [7, 11) is 0. The first-order chi connectivity index (χ1) is 18.4. The number of allylic oxidation sites excluding steroid dienone is 4. The van der Waals surface area contributed by atoms with E-state index in [0.29, 0.717) is 25.7 Å². The molecule has 0 aliphatic heterocycles. The molecule has 8 heteroatoms. The molecule has 1 aromatic rings. The van der Waals surface area contributed by atoms with E-state index in [1.54, 1.807) is 6.08 Å². The van der Waals surface area contributed by atoms with Crippen LogP contribution in [0.15, 0.2) is 47.1 Å². The number of hydrogen-bond acceptors (Lipinski definition) is 3. The van der Waals surface area contributed by atoms with Crippen molar-refractivity contribution in [1.29, 1.82) is 0 Å². The van der Waals surface area contributed by atoms with Gasteiger partial charge < -0.3 is 4.74 Å². The van der Waals surface area contributed by atoms with Gasteiger partial charge in [0.25, 0.3) is 0 Å². The number of alkyl halides is 5. The van der Waals surface area contributed by atoms with Crippen molar-refractivity contribution in [1.82, 2.24) is 4.90 Å². The Morgan fingerprint density at radius 3 is 2.31 bits per heavy atom. The molecule has 4 aliphatic rings. The third-order valence-corrected chi connectivity index (χ3v) is 9.95. The van der Waals surface area contributed by atoms with Gasteiger partial charge in [0.1, 0.15) is 0 Å². The van der Waals surface area contributed by atoms with Crippen LogP contribution in [-0.2, 0) is 16.1 Å². The summed E-state index contributed by atoms with van der Waals surface area (Å²) in [5.74, 6) is 0.0628. The van der Waals surface area contributed by atoms with Crippen LogP contribution in [0.3, 0.4) is 0 Å². The van der Waals surface area contributed by atoms with Crippen molar-refractivity contribution >= 4 is 5.78 Å². The maximum absolute atomic E-state index is 14.1. The molecule has 214 valence electrons. The fourth-order valence-corrected chi connectivity index (χ4v) is 7.91. The predicted molar refractivity (Wildman–Crippen MR) is 139 cm³/mol. The number of fused-ring (bicyclic) bond motifs is 4. The van der Waals surface area contributed by atoms with Crippen LogP contribution in [0.1, 0.15) is 82.8 Å². The topological polar surface area (TPSA) is 29.5 Å². The largest absolute Gasteiger partial charge is 0.482 e. The smallest absolute Gasteiger partial charge is 0.309 e. The van der Waals surface area contributed by atoms with Gasteiger partial charge in [0.05, 0.1) is 6.10 Å². The maximum Gasteiger partial charge on any atom is 0.482 e. The molecule has 3 nitrogen and oxygen atoms in total. The van der Waals surface area contributed by atoms with Crippen molar-refractivity contribution in [2.24, 2.45) is 17.3 Å². The second-order valence-electron chi connectivity index (χ2n) is 12.0. The van der Waals surface area contributed by atoms with Crippen molar-refractivity contribution in [3.05, 3.63) is 58.2 Å². The Morgan fingerprint density at radius 1 is 0.974 bits per heavy atom. The first kappa shape index (κ1) is 28.5. The first-order valence-corrected chi connectivity index (χ1v) is 14.3. The molecule has 2 fully saturated rings. The summed E-state index contributed by atoms with van der Waals surface area (Å²) >= 11 is 0. The molecule has 0 radical (unpaired) electrons. The van der Waals surface area contributed by atoms with E-state index in [4.69, 9.17) is 0 Å². The number of carbonyl (C=O) groups excluding carboxylic acids is 1. The molecule has 39 heavy (non-hydrogen) atoms. The van der Waals surface area contributed by atoms with E-state index in [1.165, 1.54) is 16.7 Å². The zero-order chi connectivity index (χ0) is 28.2. The van der Waals surface area contributed by atoms with Gasteiger partial charge in [-0.1, -0.05) is 50.6 Å². The van der Waals surface area contributed by atoms with E-state index in [2.05, 4.69) is 47.7 Å². The van der Waals surface area contributed by atoms with Crippen LogP contribution in [0, 0.1) is 17.3 Å². The molecular formula is C31H38F5NO2. The van der Waals surface area contributed by atoms with Gasteiger partial charge in [0.15, 0.2) is 5.78 Å². The number of nitrogens with zero attached hydrogens (tertiary/aromatic N) is 1. The Hall–Kier alpha value is -2.06. The summed E-state index contributed by atoms with van der Waals surface area (Å²) in [6, 6.07) is 8.40. The highest BCUT2D eigenvalue weighted by Crippen LogP contribution is 2.65. The second kappa shape index (κ2) is 10.4. The molecule has 4 aliphatic carbocycles. The summed E-state index contributed by atoms with van der Waals surface area (Å²) in [6.07, 6.45) is -6.51. The second-order valence-corrected chi connectivity index (χ2v) is 12.0. The highest BCUT2D eigenvalue weighted by Gasteiger charge is 2.65. The molecule has 0 heterocycles. The lowest BCUT2D eigenvalue weighted by atomic mass is 9.53. The summed E-state index contributed by atoms with van der Waals surface area (Å²) < 4.78 is 72.3. The van der Waals surface area contributed by atoms with Gasteiger partial charge >= 0.3 is 12.3 Å². The lowest BCUT2D eigenvalue weighted by Crippen LogP contribution is -2.50. The quantitative estimate of drug-likeness (QED) is 0.322. The van der Waals surface area contributed by atoms with Crippen LogP contribution in [0.2, 0.25) is 0 Å². The predicted octanol–water partition coefficient (Wildman–Crippen LogP) is 7.97. The molecule has 2 saturated carbocycles. The highest BCUT2D eigenvalue weighted by molar-refractivity contribution is 5.93. The van der Waals surface area contributed by atoms with E-state index >= 15 is 0 Å². The number of ether oxygens (including phenoxy) is 1. The van der Waals surface area contributed by atoms with Gasteiger partial charge in [-0.3, -0.25) is 9.69 Å². The lowest BCUT2D eigenvalue weighted by Gasteiger charge is -2.52. The van der Waals surface area contributed by atoms with Crippen molar-refractivity contribution in [3.8, 4) is 0 Å². The minimum absolute atomic E-state index is 0.0357. The van der Waals surface area contributed by atoms with E-state index in [0.717, 1.165) is 43.6 Å².